The van der Waals surface area contributed by atoms with Crippen LogP contribution in [0.3, 0.4) is 0 Å². The van der Waals surface area contributed by atoms with E-state index in [-0.39, 0.29) is 11.7 Å². The summed E-state index contributed by atoms with van der Waals surface area (Å²) in [6, 6.07) is 17.8. The summed E-state index contributed by atoms with van der Waals surface area (Å²) < 4.78 is 7.33. The van der Waals surface area contributed by atoms with Crippen molar-refractivity contribution < 1.29 is 9.21 Å². The van der Waals surface area contributed by atoms with Gasteiger partial charge in [-0.3, -0.25) is 4.79 Å². The number of carbonyl (C=O) groups is 1. The van der Waals surface area contributed by atoms with Crippen molar-refractivity contribution in [2.45, 2.75) is 13.5 Å². The third kappa shape index (κ3) is 2.70. The molecule has 0 unspecified atom stereocenters. The van der Waals surface area contributed by atoms with Crippen molar-refractivity contribution in [1.29, 1.82) is 0 Å². The molecule has 25 heavy (non-hydrogen) atoms. The number of nitrogens with one attached hydrogen (secondary N) is 1. The van der Waals surface area contributed by atoms with Gasteiger partial charge in [-0.05, 0) is 42.8 Å². The number of aryl methyl sites for hydroxylation is 1. The van der Waals surface area contributed by atoms with E-state index in [9.17, 15) is 4.79 Å². The van der Waals surface area contributed by atoms with Gasteiger partial charge in [-0.15, -0.1) is 0 Å². The Labute approximate surface area is 144 Å². The van der Waals surface area contributed by atoms with Gasteiger partial charge in [-0.2, -0.15) is 5.10 Å². The molecule has 4 aromatic rings. The maximum Gasteiger partial charge on any atom is 0.307 e. The predicted molar refractivity (Wildman–Crippen MR) is 98.9 cm³/mol. The summed E-state index contributed by atoms with van der Waals surface area (Å²) in [6.45, 7) is 3.06. The molecule has 0 saturated carbocycles. The van der Waals surface area contributed by atoms with Gasteiger partial charge in [0.1, 0.15) is 0 Å². The molecule has 0 aliphatic heterocycles. The first-order valence-electron chi connectivity index (χ1n) is 8.16. The van der Waals surface area contributed by atoms with Gasteiger partial charge in [0.25, 0.3) is 0 Å². The summed E-state index contributed by atoms with van der Waals surface area (Å²) in [4.78, 5) is 11.8. The van der Waals surface area contributed by atoms with E-state index in [0.29, 0.717) is 0 Å². The van der Waals surface area contributed by atoms with E-state index in [1.165, 1.54) is 28.1 Å². The zero-order valence-electron chi connectivity index (χ0n) is 13.8. The monoisotopic (exact) mass is 331 g/mol. The van der Waals surface area contributed by atoms with Crippen molar-refractivity contribution >= 4 is 33.9 Å². The second kappa shape index (κ2) is 6.28. The minimum Gasteiger partial charge on any atom is -0.459 e. The number of hydrogen-bond acceptors (Lipinski definition) is 3. The van der Waals surface area contributed by atoms with Crippen LogP contribution in [-0.4, -0.2) is 16.7 Å². The minimum absolute atomic E-state index is 0.235. The van der Waals surface area contributed by atoms with Gasteiger partial charge in [0.15, 0.2) is 5.76 Å². The highest BCUT2D eigenvalue weighted by Gasteiger charge is 2.09. The summed E-state index contributed by atoms with van der Waals surface area (Å²) in [6.07, 6.45) is 3.09. The summed E-state index contributed by atoms with van der Waals surface area (Å²) in [7, 11) is 0. The van der Waals surface area contributed by atoms with E-state index in [1.807, 2.05) is 12.1 Å². The number of rotatable bonds is 4. The van der Waals surface area contributed by atoms with Crippen molar-refractivity contribution in [2.75, 3.05) is 0 Å². The lowest BCUT2D eigenvalue weighted by Crippen LogP contribution is -2.16. The third-order valence-electron chi connectivity index (χ3n) is 4.24. The highest BCUT2D eigenvalue weighted by atomic mass is 16.3. The Morgan fingerprint density at radius 2 is 1.96 bits per heavy atom. The maximum atomic E-state index is 11.8. The van der Waals surface area contributed by atoms with Crippen LogP contribution in [0.5, 0.6) is 0 Å². The molecule has 0 atom stereocenters. The molecule has 2 heterocycles. The molecule has 0 bridgehead atoms. The van der Waals surface area contributed by atoms with Gasteiger partial charge in [0.05, 0.1) is 12.5 Å². The van der Waals surface area contributed by atoms with Crippen LogP contribution in [0, 0.1) is 0 Å². The molecule has 2 aromatic carbocycles. The SMILES string of the molecule is CCn1c2ccccc2c2cc(/C=N\NC(=O)c3ccco3)ccc21. The first kappa shape index (κ1) is 15.2. The Bertz CT molecular complexity index is 1080. The molecule has 0 aliphatic carbocycles. The van der Waals surface area contributed by atoms with E-state index in [4.69, 9.17) is 4.42 Å². The molecule has 0 fully saturated rings. The van der Waals surface area contributed by atoms with Crippen LogP contribution in [0.25, 0.3) is 21.8 Å². The molecule has 0 aliphatic rings. The minimum atomic E-state index is -0.370. The first-order chi connectivity index (χ1) is 12.3. The molecule has 5 nitrogen and oxygen atoms in total. The average molecular weight is 331 g/mol. The van der Waals surface area contributed by atoms with E-state index >= 15 is 0 Å². The Morgan fingerprint density at radius 1 is 1.12 bits per heavy atom. The van der Waals surface area contributed by atoms with Gasteiger partial charge in [-0.1, -0.05) is 24.3 Å². The van der Waals surface area contributed by atoms with Crippen molar-refractivity contribution in [3.63, 3.8) is 0 Å². The molecule has 0 radical (unpaired) electrons. The van der Waals surface area contributed by atoms with Gasteiger partial charge in [-0.25, -0.2) is 5.43 Å². The Morgan fingerprint density at radius 3 is 2.76 bits per heavy atom. The van der Waals surface area contributed by atoms with Gasteiger partial charge in [0, 0.05) is 28.4 Å². The van der Waals surface area contributed by atoms with Crippen LogP contribution in [0.1, 0.15) is 23.0 Å². The van der Waals surface area contributed by atoms with Crippen LogP contribution >= 0.6 is 0 Å². The zero-order chi connectivity index (χ0) is 17.2. The van der Waals surface area contributed by atoms with Crippen molar-refractivity contribution in [3.05, 3.63) is 72.2 Å². The van der Waals surface area contributed by atoms with Gasteiger partial charge >= 0.3 is 5.91 Å². The number of para-hydroxylation sites is 1. The standard InChI is InChI=1S/C20H17N3O2/c1-2-23-17-7-4-3-6-15(17)16-12-14(9-10-18(16)23)13-21-22-20(24)19-8-5-11-25-19/h3-13H,2H2,1H3,(H,22,24)/b21-13-. The van der Waals surface area contributed by atoms with Crippen molar-refractivity contribution in [2.24, 2.45) is 5.10 Å². The smallest absolute Gasteiger partial charge is 0.307 e. The van der Waals surface area contributed by atoms with E-state index < -0.39 is 0 Å². The molecule has 5 heteroatoms. The molecule has 1 N–H and O–H groups in total. The number of aromatic nitrogens is 1. The first-order valence-corrected chi connectivity index (χ1v) is 8.16. The number of hydrogen-bond donors (Lipinski definition) is 1. The van der Waals surface area contributed by atoms with Crippen LogP contribution < -0.4 is 5.43 Å². The number of benzene rings is 2. The zero-order valence-corrected chi connectivity index (χ0v) is 13.8. The highest BCUT2D eigenvalue weighted by molar-refractivity contribution is 6.09. The van der Waals surface area contributed by atoms with Crippen LogP contribution in [0.15, 0.2) is 70.4 Å². The molecule has 124 valence electrons. The number of furan rings is 1. The Hall–Kier alpha value is -3.34. The van der Waals surface area contributed by atoms with Crippen molar-refractivity contribution in [3.8, 4) is 0 Å². The average Bonchev–Trinajstić information content (AvgIpc) is 3.28. The largest absolute Gasteiger partial charge is 0.459 e. The number of fused-ring (bicyclic) bond motifs is 3. The lowest BCUT2D eigenvalue weighted by atomic mass is 10.1. The Kier molecular flexibility index (Phi) is 3.82. The summed E-state index contributed by atoms with van der Waals surface area (Å²) in [5.74, 6) is -0.136. The number of nitrogens with zero attached hydrogens (tertiary/aromatic N) is 2. The van der Waals surface area contributed by atoms with Crippen LogP contribution in [0.2, 0.25) is 0 Å². The second-order valence-corrected chi connectivity index (χ2v) is 5.71. The van der Waals surface area contributed by atoms with E-state index in [0.717, 1.165) is 12.1 Å². The van der Waals surface area contributed by atoms with Crippen molar-refractivity contribution in [1.82, 2.24) is 9.99 Å². The summed E-state index contributed by atoms with van der Waals surface area (Å²) >= 11 is 0. The normalized spacial score (nSPS) is 11.6. The number of hydrazone groups is 1. The molecule has 4 rings (SSSR count). The third-order valence-corrected chi connectivity index (χ3v) is 4.24. The Balaban J connectivity index is 1.66. The molecule has 2 aromatic heterocycles. The lowest BCUT2D eigenvalue weighted by Gasteiger charge is -2.02. The molecular formula is C20H17N3O2. The summed E-state index contributed by atoms with van der Waals surface area (Å²) in [5, 5.41) is 6.42. The maximum absolute atomic E-state index is 11.8. The summed E-state index contributed by atoms with van der Waals surface area (Å²) in [5.41, 5.74) is 5.81. The van der Waals surface area contributed by atoms with E-state index in [2.05, 4.69) is 52.3 Å². The fourth-order valence-electron chi connectivity index (χ4n) is 3.12. The quantitative estimate of drug-likeness (QED) is 0.451. The fraction of sp³-hybridized carbons (Fsp3) is 0.100. The highest BCUT2D eigenvalue weighted by Crippen LogP contribution is 2.29. The van der Waals surface area contributed by atoms with Gasteiger partial charge < -0.3 is 8.98 Å². The number of carbonyl (C=O) groups excluding carboxylic acids is 1. The number of amides is 1. The van der Waals surface area contributed by atoms with Crippen LogP contribution in [-0.2, 0) is 6.54 Å². The molecule has 0 spiro atoms. The fourth-order valence-corrected chi connectivity index (χ4v) is 3.12. The predicted octanol–water partition coefficient (Wildman–Crippen LogP) is 4.17. The molecular weight excluding hydrogens is 314 g/mol. The molecule has 0 saturated heterocycles. The molecule has 1 amide bonds. The van der Waals surface area contributed by atoms with E-state index in [1.54, 1.807) is 18.3 Å². The van der Waals surface area contributed by atoms with Gasteiger partial charge in [0.2, 0.25) is 0 Å². The lowest BCUT2D eigenvalue weighted by molar-refractivity contribution is 0.0927. The topological polar surface area (TPSA) is 59.5 Å². The second-order valence-electron chi connectivity index (χ2n) is 5.71. The van der Waals surface area contributed by atoms with Crippen LogP contribution in [0.4, 0.5) is 0 Å².